The molecule has 144 valence electrons. The summed E-state index contributed by atoms with van der Waals surface area (Å²) in [5.74, 6) is -0.292. The molecule has 27 heavy (non-hydrogen) atoms. The molecule has 0 N–H and O–H groups in total. The van der Waals surface area contributed by atoms with E-state index in [1.54, 1.807) is 36.5 Å². The number of amides is 1. The summed E-state index contributed by atoms with van der Waals surface area (Å²) in [5, 5.41) is 0. The topological polar surface area (TPSA) is 42.4 Å². The highest BCUT2D eigenvalue weighted by molar-refractivity contribution is 9.10. The largest absolute Gasteiger partial charge is 0.484 e. The maximum atomic E-state index is 13.1. The molecule has 0 radical (unpaired) electrons. The van der Waals surface area contributed by atoms with Crippen LogP contribution in [0.1, 0.15) is 30.1 Å². The van der Waals surface area contributed by atoms with Gasteiger partial charge in [-0.15, -0.1) is 0 Å². The molecule has 0 aliphatic heterocycles. The number of carbonyl (C=O) groups excluding carboxylic acids is 1. The molecule has 0 bridgehead atoms. The number of pyridine rings is 1. The van der Waals surface area contributed by atoms with Crippen LogP contribution in [0.5, 0.6) is 5.75 Å². The van der Waals surface area contributed by atoms with Crippen molar-refractivity contribution >= 4 is 21.8 Å². The average molecular weight is 443 g/mol. The highest BCUT2D eigenvalue weighted by Gasteiger charge is 2.39. The van der Waals surface area contributed by atoms with E-state index >= 15 is 0 Å². The minimum atomic E-state index is -4.50. The Morgan fingerprint density at radius 1 is 1.26 bits per heavy atom. The molecular formula is C19H18BrF3N2O2. The van der Waals surface area contributed by atoms with E-state index in [2.05, 4.69) is 20.9 Å². The van der Waals surface area contributed by atoms with E-state index < -0.39 is 31.3 Å². The lowest BCUT2D eigenvalue weighted by Gasteiger charge is -2.35. The first-order chi connectivity index (χ1) is 12.8. The molecule has 1 aromatic heterocycles. The van der Waals surface area contributed by atoms with Gasteiger partial charge >= 0.3 is 6.18 Å². The zero-order valence-electron chi connectivity index (χ0n) is 14.4. The lowest BCUT2D eigenvalue weighted by molar-refractivity contribution is -0.168. The average Bonchev–Trinajstić information content (AvgIpc) is 2.64. The van der Waals surface area contributed by atoms with E-state index in [9.17, 15) is 18.0 Å². The molecule has 8 heteroatoms. The molecule has 0 saturated carbocycles. The number of hydrogen-bond acceptors (Lipinski definition) is 3. The maximum Gasteiger partial charge on any atom is 0.406 e. The van der Waals surface area contributed by atoms with E-state index in [1.165, 1.54) is 0 Å². The number of hydrogen-bond donors (Lipinski definition) is 0. The van der Waals surface area contributed by atoms with E-state index in [1.807, 2.05) is 6.07 Å². The van der Waals surface area contributed by atoms with Crippen molar-refractivity contribution in [1.29, 1.82) is 0 Å². The fraction of sp³-hybridized carbons (Fsp3) is 0.368. The number of ether oxygens (including phenoxy) is 1. The summed E-state index contributed by atoms with van der Waals surface area (Å²) in [6, 6.07) is 9.66. The summed E-state index contributed by atoms with van der Waals surface area (Å²) >= 11 is 3.29. The minimum absolute atomic E-state index is 0.417. The van der Waals surface area contributed by atoms with Crippen molar-refractivity contribution in [2.45, 2.75) is 31.5 Å². The molecule has 1 atom stereocenters. The van der Waals surface area contributed by atoms with Crippen LogP contribution in [0, 0.1) is 0 Å². The summed E-state index contributed by atoms with van der Waals surface area (Å²) in [4.78, 5) is 17.7. The summed E-state index contributed by atoms with van der Waals surface area (Å²) < 4.78 is 45.7. The summed E-state index contributed by atoms with van der Waals surface area (Å²) in [7, 11) is 0. The van der Waals surface area contributed by atoms with Crippen molar-refractivity contribution < 1.29 is 22.7 Å². The van der Waals surface area contributed by atoms with Crippen molar-refractivity contribution in [2.24, 2.45) is 0 Å². The van der Waals surface area contributed by atoms with Crippen LogP contribution in [0.15, 0.2) is 47.1 Å². The second-order valence-corrected chi connectivity index (χ2v) is 7.25. The Morgan fingerprint density at radius 2 is 2.00 bits per heavy atom. The van der Waals surface area contributed by atoms with Gasteiger partial charge in [0.15, 0.2) is 6.61 Å². The molecule has 1 amide bonds. The van der Waals surface area contributed by atoms with Crippen molar-refractivity contribution in [2.75, 3.05) is 13.2 Å². The van der Waals surface area contributed by atoms with Crippen LogP contribution in [0.4, 0.5) is 13.2 Å². The number of fused-ring (bicyclic) bond motifs is 1. The molecule has 4 nitrogen and oxygen atoms in total. The monoisotopic (exact) mass is 442 g/mol. The highest BCUT2D eigenvalue weighted by atomic mass is 79.9. The van der Waals surface area contributed by atoms with Crippen molar-refractivity contribution in [3.63, 3.8) is 0 Å². The lowest BCUT2D eigenvalue weighted by Crippen LogP contribution is -2.45. The first-order valence-corrected chi connectivity index (χ1v) is 9.31. The van der Waals surface area contributed by atoms with Crippen molar-refractivity contribution in [3.05, 3.63) is 58.3 Å². The first kappa shape index (κ1) is 19.7. The summed E-state index contributed by atoms with van der Waals surface area (Å²) in [6.07, 6.45) is -1.04. The predicted molar refractivity (Wildman–Crippen MR) is 97.3 cm³/mol. The quantitative estimate of drug-likeness (QED) is 0.674. The molecule has 0 spiro atoms. The van der Waals surface area contributed by atoms with Gasteiger partial charge < -0.3 is 9.64 Å². The number of nitrogens with zero attached hydrogens (tertiary/aromatic N) is 2. The highest BCUT2D eigenvalue weighted by Crippen LogP contribution is 2.34. The third kappa shape index (κ3) is 5.22. The number of rotatable bonds is 5. The third-order valence-electron chi connectivity index (χ3n) is 4.39. The zero-order valence-corrected chi connectivity index (χ0v) is 16.0. The summed E-state index contributed by atoms with van der Waals surface area (Å²) in [6.45, 7) is -1.79. The molecule has 1 aliphatic carbocycles. The van der Waals surface area contributed by atoms with Gasteiger partial charge in [-0.05, 0) is 55.2 Å². The summed E-state index contributed by atoms with van der Waals surface area (Å²) in [5.41, 5.74) is 1.44. The molecule has 1 unspecified atom stereocenters. The SMILES string of the molecule is O=C(COc1ccc(Br)cc1)N(CC(F)(F)F)C1CCCc2cccnc21. The second kappa shape index (κ2) is 8.29. The van der Waals surface area contributed by atoms with Gasteiger partial charge in [0.25, 0.3) is 5.91 Å². The number of aryl methyl sites for hydroxylation is 1. The smallest absolute Gasteiger partial charge is 0.406 e. The third-order valence-corrected chi connectivity index (χ3v) is 4.92. The van der Waals surface area contributed by atoms with Crippen LogP contribution in [0.25, 0.3) is 0 Å². The van der Waals surface area contributed by atoms with Gasteiger partial charge in [0.2, 0.25) is 0 Å². The fourth-order valence-corrected chi connectivity index (χ4v) is 3.48. The molecule has 3 rings (SSSR count). The number of halogens is 4. The number of carbonyl (C=O) groups is 1. The van der Waals surface area contributed by atoms with Gasteiger partial charge in [0, 0.05) is 10.7 Å². The predicted octanol–water partition coefficient (Wildman–Crippen LogP) is 4.69. The van der Waals surface area contributed by atoms with Crippen LogP contribution in [0.2, 0.25) is 0 Å². The van der Waals surface area contributed by atoms with Gasteiger partial charge in [-0.2, -0.15) is 13.2 Å². The van der Waals surface area contributed by atoms with Crippen LogP contribution < -0.4 is 4.74 Å². The number of aromatic nitrogens is 1. The van der Waals surface area contributed by atoms with Gasteiger partial charge in [-0.3, -0.25) is 9.78 Å². The Labute approximate surface area is 163 Å². The van der Waals surface area contributed by atoms with Crippen LogP contribution in [-0.2, 0) is 11.2 Å². The number of benzene rings is 1. The molecular weight excluding hydrogens is 425 g/mol. The Hall–Kier alpha value is -2.09. The number of alkyl halides is 3. The van der Waals surface area contributed by atoms with Crippen molar-refractivity contribution in [1.82, 2.24) is 9.88 Å². The van der Waals surface area contributed by atoms with Gasteiger partial charge in [0.05, 0.1) is 11.7 Å². The normalized spacial score (nSPS) is 16.5. The second-order valence-electron chi connectivity index (χ2n) is 6.34. The minimum Gasteiger partial charge on any atom is -0.484 e. The van der Waals surface area contributed by atoms with Crippen LogP contribution >= 0.6 is 15.9 Å². The van der Waals surface area contributed by atoms with Gasteiger partial charge in [0.1, 0.15) is 12.3 Å². The molecule has 0 fully saturated rings. The van der Waals surface area contributed by atoms with Gasteiger partial charge in [-0.1, -0.05) is 22.0 Å². The van der Waals surface area contributed by atoms with E-state index in [0.29, 0.717) is 24.3 Å². The van der Waals surface area contributed by atoms with E-state index in [-0.39, 0.29) is 0 Å². The maximum absolute atomic E-state index is 13.1. The van der Waals surface area contributed by atoms with E-state index in [0.717, 1.165) is 21.4 Å². The standard InChI is InChI=1S/C19H18BrF3N2O2/c20-14-6-8-15(9-7-14)27-11-17(26)25(12-19(21,22)23)16-5-1-3-13-4-2-10-24-18(13)16/h2,4,6-10,16H,1,3,5,11-12H2. The van der Waals surface area contributed by atoms with Gasteiger partial charge in [-0.25, -0.2) is 0 Å². The Morgan fingerprint density at radius 3 is 2.70 bits per heavy atom. The van der Waals surface area contributed by atoms with Crippen LogP contribution in [0.3, 0.4) is 0 Å². The first-order valence-electron chi connectivity index (χ1n) is 8.52. The molecule has 1 heterocycles. The molecule has 2 aromatic rings. The fourth-order valence-electron chi connectivity index (χ4n) is 3.21. The van der Waals surface area contributed by atoms with E-state index in [4.69, 9.17) is 4.74 Å². The Bertz CT molecular complexity index is 796. The molecule has 1 aliphatic rings. The zero-order chi connectivity index (χ0) is 19.4. The molecule has 1 aromatic carbocycles. The Kier molecular flexibility index (Phi) is 6.04. The molecule has 0 saturated heterocycles. The lowest BCUT2D eigenvalue weighted by atomic mass is 9.90. The van der Waals surface area contributed by atoms with Crippen LogP contribution in [-0.4, -0.2) is 35.1 Å². The van der Waals surface area contributed by atoms with Crippen molar-refractivity contribution in [3.8, 4) is 5.75 Å². The Balaban J connectivity index is 1.79.